The summed E-state index contributed by atoms with van der Waals surface area (Å²) in [6.45, 7) is 6.52. The number of nitrogens with zero attached hydrogens (tertiary/aromatic N) is 1. The smallest absolute Gasteiger partial charge is 0.0786 e. The highest BCUT2D eigenvalue weighted by molar-refractivity contribution is 4.50. The number of hydrogen-bond acceptors (Lipinski definition) is 0. The summed E-state index contributed by atoms with van der Waals surface area (Å²) in [5.41, 5.74) is 0. The maximum atomic E-state index is 2.39. The van der Waals surface area contributed by atoms with Crippen molar-refractivity contribution in [2.24, 2.45) is 0 Å². The van der Waals surface area contributed by atoms with Gasteiger partial charge in [-0.05, 0) is 6.42 Å². The lowest BCUT2D eigenvalue weighted by Gasteiger charge is -2.28. The van der Waals surface area contributed by atoms with E-state index in [1.807, 2.05) is 0 Å². The van der Waals surface area contributed by atoms with Crippen LogP contribution in [0.5, 0.6) is 0 Å². The van der Waals surface area contributed by atoms with Gasteiger partial charge in [0.15, 0.2) is 0 Å². The molecule has 0 atom stereocenters. The second kappa shape index (κ2) is 4.35. The average Bonchev–Trinajstić information content (AvgIpc) is 2.16. The Morgan fingerprint density at radius 1 is 1.20 bits per heavy atom. The summed E-state index contributed by atoms with van der Waals surface area (Å²) >= 11 is 0. The summed E-state index contributed by atoms with van der Waals surface area (Å²) in [5, 5.41) is 0. The minimum Gasteiger partial charge on any atom is -1.00 e. The number of hydrogen-bond donors (Lipinski definition) is 0. The van der Waals surface area contributed by atoms with Crippen LogP contribution in [-0.4, -0.2) is 31.2 Å². The maximum absolute atomic E-state index is 2.39. The van der Waals surface area contributed by atoms with Crippen LogP contribution in [0.3, 0.4) is 0 Å². The Morgan fingerprint density at radius 2 is 1.70 bits per heavy atom. The lowest BCUT2D eigenvalue weighted by atomic mass is 10.4. The lowest BCUT2D eigenvalue weighted by Crippen LogP contribution is -3.00. The van der Waals surface area contributed by atoms with E-state index in [0.29, 0.717) is 0 Å². The highest BCUT2D eigenvalue weighted by atomic mass is 79.9. The number of halogens is 1. The molecule has 0 saturated carbocycles. The van der Waals surface area contributed by atoms with Gasteiger partial charge in [-0.25, -0.2) is 0 Å². The molecule has 10 heavy (non-hydrogen) atoms. The van der Waals surface area contributed by atoms with E-state index >= 15 is 0 Å². The third-order valence-electron chi connectivity index (χ3n) is 2.41. The number of likely N-dealkylation sites (tertiary alicyclic amines) is 1. The van der Waals surface area contributed by atoms with Crippen LogP contribution < -0.4 is 17.0 Å². The Hall–Kier alpha value is 0.440. The van der Waals surface area contributed by atoms with Crippen molar-refractivity contribution in [1.82, 2.24) is 0 Å². The van der Waals surface area contributed by atoms with Crippen LogP contribution in [0.1, 0.15) is 26.2 Å². The van der Waals surface area contributed by atoms with E-state index in [4.69, 9.17) is 0 Å². The number of rotatable bonds is 2. The van der Waals surface area contributed by atoms with Crippen molar-refractivity contribution in [2.45, 2.75) is 26.2 Å². The van der Waals surface area contributed by atoms with Gasteiger partial charge in [-0.2, -0.15) is 0 Å². The van der Waals surface area contributed by atoms with E-state index in [0.717, 1.165) is 0 Å². The standard InChI is InChI=1S/C8H18N.BrH/c1-3-6-9(2)7-4-5-8-9;/h3-8H2,1-2H3;1H/q+1;/p-1. The Bertz CT molecular complexity index is 87.3. The summed E-state index contributed by atoms with van der Waals surface area (Å²) in [6, 6.07) is 0. The Morgan fingerprint density at radius 3 is 2.10 bits per heavy atom. The molecular formula is C8H18BrN. The topological polar surface area (TPSA) is 0 Å². The third-order valence-corrected chi connectivity index (χ3v) is 2.41. The van der Waals surface area contributed by atoms with Crippen molar-refractivity contribution in [3.63, 3.8) is 0 Å². The predicted molar refractivity (Wildman–Crippen MR) is 40.3 cm³/mol. The molecule has 0 aromatic rings. The van der Waals surface area contributed by atoms with Gasteiger partial charge in [-0.3, -0.25) is 0 Å². The van der Waals surface area contributed by atoms with E-state index in [2.05, 4.69) is 14.0 Å². The molecule has 0 aromatic heterocycles. The molecule has 0 N–H and O–H groups in total. The quantitative estimate of drug-likeness (QED) is 0.492. The minimum absolute atomic E-state index is 0. The van der Waals surface area contributed by atoms with Crippen LogP contribution in [0.15, 0.2) is 0 Å². The highest BCUT2D eigenvalue weighted by Crippen LogP contribution is 2.15. The van der Waals surface area contributed by atoms with Gasteiger partial charge in [0.2, 0.25) is 0 Å². The summed E-state index contributed by atoms with van der Waals surface area (Å²) in [4.78, 5) is 0. The number of quaternary nitrogens is 1. The fourth-order valence-corrected chi connectivity index (χ4v) is 1.86. The van der Waals surface area contributed by atoms with Crippen LogP contribution in [0, 0.1) is 0 Å². The first-order valence-electron chi connectivity index (χ1n) is 4.10. The van der Waals surface area contributed by atoms with Gasteiger partial charge in [0.25, 0.3) is 0 Å². The average molecular weight is 208 g/mol. The molecule has 0 aromatic carbocycles. The van der Waals surface area contributed by atoms with Crippen LogP contribution in [0.25, 0.3) is 0 Å². The zero-order chi connectivity index (χ0) is 6.74. The van der Waals surface area contributed by atoms with Crippen LogP contribution in [0.2, 0.25) is 0 Å². The molecule has 2 heteroatoms. The van der Waals surface area contributed by atoms with Crippen molar-refractivity contribution in [3.8, 4) is 0 Å². The molecule has 0 bridgehead atoms. The minimum atomic E-state index is 0. The molecule has 1 heterocycles. The van der Waals surface area contributed by atoms with E-state index in [-0.39, 0.29) is 17.0 Å². The molecule has 0 unspecified atom stereocenters. The largest absolute Gasteiger partial charge is 1.00 e. The molecule has 1 rings (SSSR count). The van der Waals surface area contributed by atoms with E-state index in [1.165, 1.54) is 43.4 Å². The first-order chi connectivity index (χ1) is 4.27. The maximum Gasteiger partial charge on any atom is 0.0786 e. The van der Waals surface area contributed by atoms with Crippen LogP contribution >= 0.6 is 0 Å². The van der Waals surface area contributed by atoms with E-state index < -0.39 is 0 Å². The van der Waals surface area contributed by atoms with Gasteiger partial charge >= 0.3 is 0 Å². The third kappa shape index (κ3) is 2.59. The molecular weight excluding hydrogens is 190 g/mol. The van der Waals surface area contributed by atoms with Gasteiger partial charge in [-0.15, -0.1) is 0 Å². The summed E-state index contributed by atoms with van der Waals surface area (Å²) in [7, 11) is 2.39. The van der Waals surface area contributed by atoms with E-state index in [9.17, 15) is 0 Å². The molecule has 1 nitrogen and oxygen atoms in total. The summed E-state index contributed by atoms with van der Waals surface area (Å²) in [6.07, 6.45) is 4.25. The zero-order valence-electron chi connectivity index (χ0n) is 7.07. The second-order valence-electron chi connectivity index (χ2n) is 3.50. The lowest BCUT2D eigenvalue weighted by molar-refractivity contribution is -0.897. The monoisotopic (exact) mass is 207 g/mol. The first-order valence-corrected chi connectivity index (χ1v) is 4.10. The molecule has 1 saturated heterocycles. The predicted octanol–water partition coefficient (Wildman–Crippen LogP) is -1.36. The molecule has 1 aliphatic rings. The van der Waals surface area contributed by atoms with Gasteiger partial charge in [0.1, 0.15) is 0 Å². The fourth-order valence-electron chi connectivity index (χ4n) is 1.86. The Labute approximate surface area is 74.8 Å². The molecule has 0 amide bonds. The first kappa shape index (κ1) is 10.4. The molecule has 1 fully saturated rings. The summed E-state index contributed by atoms with van der Waals surface area (Å²) < 4.78 is 1.34. The Kier molecular flexibility index (Phi) is 4.54. The van der Waals surface area contributed by atoms with Gasteiger partial charge in [0, 0.05) is 12.8 Å². The fraction of sp³-hybridized carbons (Fsp3) is 1.00. The Balaban J connectivity index is 0.000000810. The zero-order valence-corrected chi connectivity index (χ0v) is 8.65. The van der Waals surface area contributed by atoms with Crippen LogP contribution in [-0.2, 0) is 0 Å². The van der Waals surface area contributed by atoms with Crippen molar-refractivity contribution in [3.05, 3.63) is 0 Å². The van der Waals surface area contributed by atoms with E-state index in [1.54, 1.807) is 0 Å². The summed E-state index contributed by atoms with van der Waals surface area (Å²) in [5.74, 6) is 0. The molecule has 0 spiro atoms. The highest BCUT2D eigenvalue weighted by Gasteiger charge is 2.24. The molecule has 0 radical (unpaired) electrons. The molecule has 62 valence electrons. The van der Waals surface area contributed by atoms with Crippen molar-refractivity contribution in [1.29, 1.82) is 0 Å². The second-order valence-corrected chi connectivity index (χ2v) is 3.50. The molecule has 1 aliphatic heterocycles. The van der Waals surface area contributed by atoms with Crippen molar-refractivity contribution in [2.75, 3.05) is 26.7 Å². The van der Waals surface area contributed by atoms with Gasteiger partial charge in [0.05, 0.1) is 26.7 Å². The van der Waals surface area contributed by atoms with Gasteiger partial charge in [-0.1, -0.05) is 6.92 Å². The van der Waals surface area contributed by atoms with Crippen molar-refractivity contribution >= 4 is 0 Å². The SMILES string of the molecule is CCC[N+]1(C)CCCC1.[Br-]. The van der Waals surface area contributed by atoms with Crippen molar-refractivity contribution < 1.29 is 21.5 Å². The van der Waals surface area contributed by atoms with Crippen LogP contribution in [0.4, 0.5) is 0 Å². The van der Waals surface area contributed by atoms with Gasteiger partial charge < -0.3 is 21.5 Å². The molecule has 0 aliphatic carbocycles. The normalized spacial score (nSPS) is 22.2.